The van der Waals surface area contributed by atoms with Gasteiger partial charge in [0.1, 0.15) is 0 Å². The molecule has 0 aromatic rings. The second-order valence-corrected chi connectivity index (χ2v) is 5.31. The minimum Gasteiger partial charge on any atom is -0.383 e. The molecule has 3 heteroatoms. The highest BCUT2D eigenvalue weighted by atomic mass is 16.5. The van der Waals surface area contributed by atoms with Crippen molar-refractivity contribution in [3.63, 3.8) is 0 Å². The fourth-order valence-electron chi connectivity index (χ4n) is 2.98. The molecule has 0 radical (unpaired) electrons. The van der Waals surface area contributed by atoms with Crippen LogP contribution in [0, 0.1) is 0 Å². The first-order valence-corrected chi connectivity index (χ1v) is 6.16. The Morgan fingerprint density at radius 1 is 1.33 bits per heavy atom. The quantitative estimate of drug-likeness (QED) is 0.696. The van der Waals surface area contributed by atoms with Gasteiger partial charge in [0.15, 0.2) is 0 Å². The Morgan fingerprint density at radius 3 is 2.67 bits per heavy atom. The van der Waals surface area contributed by atoms with Crippen LogP contribution < -0.4 is 0 Å². The van der Waals surface area contributed by atoms with E-state index in [1.54, 1.807) is 7.11 Å². The SMILES string of the molecule is COCCN1CCCC12CN(C(C)C)C2. The van der Waals surface area contributed by atoms with E-state index in [-0.39, 0.29) is 0 Å². The molecule has 2 aliphatic rings. The molecular formula is C12H24N2O. The molecular weight excluding hydrogens is 188 g/mol. The van der Waals surface area contributed by atoms with Crippen LogP contribution in [-0.4, -0.2) is 61.3 Å². The monoisotopic (exact) mass is 212 g/mol. The summed E-state index contributed by atoms with van der Waals surface area (Å²) in [6.07, 6.45) is 2.76. The van der Waals surface area contributed by atoms with E-state index in [4.69, 9.17) is 4.74 Å². The Kier molecular flexibility index (Phi) is 3.33. The zero-order chi connectivity index (χ0) is 10.9. The van der Waals surface area contributed by atoms with Gasteiger partial charge in [0.2, 0.25) is 0 Å². The molecule has 0 bridgehead atoms. The fourth-order valence-corrected chi connectivity index (χ4v) is 2.98. The molecule has 2 rings (SSSR count). The van der Waals surface area contributed by atoms with Gasteiger partial charge in [-0.25, -0.2) is 0 Å². The van der Waals surface area contributed by atoms with E-state index >= 15 is 0 Å². The number of likely N-dealkylation sites (tertiary alicyclic amines) is 2. The average molecular weight is 212 g/mol. The van der Waals surface area contributed by atoms with Crippen molar-refractivity contribution in [2.45, 2.75) is 38.3 Å². The third kappa shape index (κ3) is 2.05. The molecule has 0 atom stereocenters. The summed E-state index contributed by atoms with van der Waals surface area (Å²) >= 11 is 0. The molecule has 0 amide bonds. The van der Waals surface area contributed by atoms with Crippen LogP contribution >= 0.6 is 0 Å². The second-order valence-electron chi connectivity index (χ2n) is 5.31. The van der Waals surface area contributed by atoms with Crippen LogP contribution in [0.1, 0.15) is 26.7 Å². The lowest BCUT2D eigenvalue weighted by Gasteiger charge is -2.54. The van der Waals surface area contributed by atoms with Crippen molar-refractivity contribution in [3.8, 4) is 0 Å². The molecule has 1 spiro atoms. The number of hydrogen-bond donors (Lipinski definition) is 0. The second kappa shape index (κ2) is 4.40. The van der Waals surface area contributed by atoms with Gasteiger partial charge in [-0.05, 0) is 33.2 Å². The summed E-state index contributed by atoms with van der Waals surface area (Å²) in [6.45, 7) is 10.4. The van der Waals surface area contributed by atoms with Crippen LogP contribution in [0.4, 0.5) is 0 Å². The molecule has 0 unspecified atom stereocenters. The van der Waals surface area contributed by atoms with Crippen molar-refractivity contribution in [1.29, 1.82) is 0 Å². The summed E-state index contributed by atoms with van der Waals surface area (Å²) in [4.78, 5) is 5.22. The maximum Gasteiger partial charge on any atom is 0.0589 e. The lowest BCUT2D eigenvalue weighted by atomic mass is 9.86. The van der Waals surface area contributed by atoms with E-state index in [2.05, 4.69) is 23.6 Å². The maximum atomic E-state index is 5.18. The smallest absolute Gasteiger partial charge is 0.0589 e. The van der Waals surface area contributed by atoms with E-state index in [0.717, 1.165) is 13.2 Å². The topological polar surface area (TPSA) is 15.7 Å². The fraction of sp³-hybridized carbons (Fsp3) is 1.00. The summed E-state index contributed by atoms with van der Waals surface area (Å²) in [5.41, 5.74) is 0.517. The largest absolute Gasteiger partial charge is 0.383 e. The Balaban J connectivity index is 1.86. The number of rotatable bonds is 4. The first kappa shape index (κ1) is 11.4. The Hall–Kier alpha value is -0.120. The molecule has 0 saturated carbocycles. The average Bonchev–Trinajstić information content (AvgIpc) is 2.55. The van der Waals surface area contributed by atoms with Gasteiger partial charge in [-0.3, -0.25) is 9.80 Å². The first-order chi connectivity index (χ1) is 7.18. The summed E-state index contributed by atoms with van der Waals surface area (Å²) in [6, 6.07) is 0.709. The summed E-state index contributed by atoms with van der Waals surface area (Å²) < 4.78 is 5.18. The molecule has 3 nitrogen and oxygen atoms in total. The molecule has 15 heavy (non-hydrogen) atoms. The molecule has 0 aliphatic carbocycles. The molecule has 0 aromatic heterocycles. The van der Waals surface area contributed by atoms with Crippen LogP contribution in [0.25, 0.3) is 0 Å². The number of hydrogen-bond acceptors (Lipinski definition) is 3. The van der Waals surface area contributed by atoms with Crippen LogP contribution in [0.3, 0.4) is 0 Å². The van der Waals surface area contributed by atoms with E-state index in [0.29, 0.717) is 11.6 Å². The van der Waals surface area contributed by atoms with Crippen LogP contribution in [0.15, 0.2) is 0 Å². The van der Waals surface area contributed by atoms with Gasteiger partial charge < -0.3 is 4.74 Å². The Morgan fingerprint density at radius 2 is 2.07 bits per heavy atom. The third-order valence-electron chi connectivity index (χ3n) is 4.03. The summed E-state index contributed by atoms with van der Waals surface area (Å²) in [5.74, 6) is 0. The normalized spacial score (nSPS) is 26.4. The van der Waals surface area contributed by atoms with Gasteiger partial charge >= 0.3 is 0 Å². The number of ether oxygens (including phenoxy) is 1. The third-order valence-corrected chi connectivity index (χ3v) is 4.03. The van der Waals surface area contributed by atoms with Crippen LogP contribution in [0.2, 0.25) is 0 Å². The van der Waals surface area contributed by atoms with Gasteiger partial charge in [0, 0.05) is 38.3 Å². The van der Waals surface area contributed by atoms with Crippen LogP contribution in [-0.2, 0) is 4.74 Å². The van der Waals surface area contributed by atoms with Gasteiger partial charge in [-0.2, -0.15) is 0 Å². The number of methoxy groups -OCH3 is 1. The summed E-state index contributed by atoms with van der Waals surface area (Å²) in [7, 11) is 1.80. The van der Waals surface area contributed by atoms with E-state index in [9.17, 15) is 0 Å². The zero-order valence-electron chi connectivity index (χ0n) is 10.3. The molecule has 0 aromatic carbocycles. The highest BCUT2D eigenvalue weighted by molar-refractivity contribution is 5.07. The van der Waals surface area contributed by atoms with Gasteiger partial charge in [-0.1, -0.05) is 0 Å². The van der Waals surface area contributed by atoms with Crippen LogP contribution in [0.5, 0.6) is 0 Å². The minimum atomic E-state index is 0.517. The molecule has 2 saturated heterocycles. The van der Waals surface area contributed by atoms with E-state index < -0.39 is 0 Å². The molecule has 0 N–H and O–H groups in total. The lowest BCUT2D eigenvalue weighted by Crippen LogP contribution is -2.69. The standard InChI is InChI=1S/C12H24N2O/c1-11(2)13-9-12(10-13)5-4-6-14(12)7-8-15-3/h11H,4-10H2,1-3H3. The van der Waals surface area contributed by atoms with Gasteiger partial charge in [0.25, 0.3) is 0 Å². The maximum absolute atomic E-state index is 5.18. The van der Waals surface area contributed by atoms with E-state index in [1.807, 2.05) is 0 Å². The van der Waals surface area contributed by atoms with Gasteiger partial charge in [0.05, 0.1) is 6.61 Å². The van der Waals surface area contributed by atoms with E-state index in [1.165, 1.54) is 32.5 Å². The summed E-state index contributed by atoms with van der Waals surface area (Å²) in [5, 5.41) is 0. The predicted octanol–water partition coefficient (Wildman–Crippen LogP) is 1.19. The molecule has 2 aliphatic heterocycles. The van der Waals surface area contributed by atoms with Crippen molar-refractivity contribution < 1.29 is 4.74 Å². The molecule has 88 valence electrons. The van der Waals surface area contributed by atoms with Crippen molar-refractivity contribution in [1.82, 2.24) is 9.80 Å². The first-order valence-electron chi connectivity index (χ1n) is 6.16. The van der Waals surface area contributed by atoms with Gasteiger partial charge in [-0.15, -0.1) is 0 Å². The molecule has 2 heterocycles. The minimum absolute atomic E-state index is 0.517. The highest BCUT2D eigenvalue weighted by Crippen LogP contribution is 2.38. The van der Waals surface area contributed by atoms with Crippen molar-refractivity contribution in [2.24, 2.45) is 0 Å². The highest BCUT2D eigenvalue weighted by Gasteiger charge is 2.50. The van der Waals surface area contributed by atoms with Crippen molar-refractivity contribution in [3.05, 3.63) is 0 Å². The zero-order valence-corrected chi connectivity index (χ0v) is 10.3. The lowest BCUT2D eigenvalue weighted by molar-refractivity contribution is -0.0523. The predicted molar refractivity (Wildman–Crippen MR) is 62.1 cm³/mol. The van der Waals surface area contributed by atoms with Crippen molar-refractivity contribution >= 4 is 0 Å². The Labute approximate surface area is 93.4 Å². The Bertz CT molecular complexity index is 212. The van der Waals surface area contributed by atoms with Crippen molar-refractivity contribution in [2.75, 3.05) is 39.9 Å². The number of nitrogens with zero attached hydrogens (tertiary/aromatic N) is 2. The molecule has 2 fully saturated rings.